The molecular weight excluding hydrogens is 232 g/mol. The molecule has 3 heteroatoms. The standard InChI is InChI=1S/C15H23F2N/c1-8(2)14-13-10(7-18(14)9(3)4)11-5-6-12(13)15(11,16)17/h5-6,8-14H,7H2,1-4H3/i5D,6D. The zero-order valence-corrected chi connectivity index (χ0v) is 11.5. The van der Waals surface area contributed by atoms with Crippen LogP contribution >= 0.6 is 0 Å². The van der Waals surface area contributed by atoms with Gasteiger partial charge in [-0.2, -0.15) is 0 Å². The van der Waals surface area contributed by atoms with Crippen molar-refractivity contribution in [3.05, 3.63) is 12.1 Å². The summed E-state index contributed by atoms with van der Waals surface area (Å²) in [6.07, 6.45) is 0. The van der Waals surface area contributed by atoms with E-state index < -0.39 is 17.8 Å². The van der Waals surface area contributed by atoms with Crippen LogP contribution in [-0.4, -0.2) is 29.5 Å². The van der Waals surface area contributed by atoms with Crippen LogP contribution in [0, 0.1) is 29.6 Å². The molecule has 0 aromatic carbocycles. The van der Waals surface area contributed by atoms with Crippen molar-refractivity contribution in [2.45, 2.75) is 45.7 Å². The SMILES string of the molecule is [2H]C1=C([2H])C2C3C(CN(C(C)C)C3C(C)C)C1C2(F)F. The minimum atomic E-state index is -2.88. The molecule has 0 amide bonds. The Kier molecular flexibility index (Phi) is 2.18. The summed E-state index contributed by atoms with van der Waals surface area (Å²) in [6, 6.07) is 0.227. The van der Waals surface area contributed by atoms with Gasteiger partial charge in [0, 0.05) is 30.5 Å². The minimum absolute atomic E-state index is 0.0995. The molecule has 0 N–H and O–H groups in total. The molecule has 0 aromatic rings. The van der Waals surface area contributed by atoms with Crippen molar-refractivity contribution in [1.29, 1.82) is 0 Å². The Bertz CT molecular complexity index is 461. The Balaban J connectivity index is 2.04. The monoisotopic (exact) mass is 257 g/mol. The number of halogens is 2. The van der Waals surface area contributed by atoms with E-state index in [1.807, 2.05) is 0 Å². The molecule has 1 heterocycles. The van der Waals surface area contributed by atoms with Gasteiger partial charge in [-0.15, -0.1) is 0 Å². The van der Waals surface area contributed by atoms with E-state index in [1.165, 1.54) is 0 Å². The van der Waals surface area contributed by atoms with Gasteiger partial charge in [0.2, 0.25) is 0 Å². The highest BCUT2D eigenvalue weighted by molar-refractivity contribution is 5.26. The van der Waals surface area contributed by atoms with Gasteiger partial charge in [0.25, 0.3) is 5.92 Å². The van der Waals surface area contributed by atoms with Crippen molar-refractivity contribution < 1.29 is 11.5 Å². The summed E-state index contributed by atoms with van der Waals surface area (Å²) in [5.74, 6) is -4.93. The number of hydrogen-bond acceptors (Lipinski definition) is 1. The average Bonchev–Trinajstić information content (AvgIpc) is 2.82. The van der Waals surface area contributed by atoms with Crippen molar-refractivity contribution in [2.24, 2.45) is 29.6 Å². The molecule has 3 rings (SSSR count). The first-order chi connectivity index (χ1) is 9.19. The fraction of sp³-hybridized carbons (Fsp3) is 0.867. The van der Waals surface area contributed by atoms with Crippen molar-refractivity contribution in [1.82, 2.24) is 4.90 Å². The average molecular weight is 257 g/mol. The smallest absolute Gasteiger partial charge is 0.261 e. The zero-order chi connectivity index (χ0) is 15.0. The van der Waals surface area contributed by atoms with Crippen LogP contribution in [0.15, 0.2) is 12.1 Å². The fourth-order valence-electron chi connectivity index (χ4n) is 4.43. The molecule has 0 radical (unpaired) electrons. The largest absolute Gasteiger partial charge is 0.297 e. The third kappa shape index (κ3) is 1.40. The van der Waals surface area contributed by atoms with Crippen LogP contribution in [0.5, 0.6) is 0 Å². The van der Waals surface area contributed by atoms with E-state index in [1.54, 1.807) is 0 Å². The molecule has 5 unspecified atom stereocenters. The van der Waals surface area contributed by atoms with E-state index in [0.717, 1.165) is 0 Å². The molecule has 3 aliphatic rings. The normalized spacial score (nSPS) is 48.1. The molecular formula is C15H23F2N. The highest BCUT2D eigenvalue weighted by Gasteiger charge is 2.68. The van der Waals surface area contributed by atoms with E-state index in [0.29, 0.717) is 18.5 Å². The molecule has 2 fully saturated rings. The molecule has 18 heavy (non-hydrogen) atoms. The predicted molar refractivity (Wildman–Crippen MR) is 68.5 cm³/mol. The van der Waals surface area contributed by atoms with Crippen LogP contribution in [0.3, 0.4) is 0 Å². The van der Waals surface area contributed by atoms with Crippen molar-refractivity contribution in [2.75, 3.05) is 6.54 Å². The number of likely N-dealkylation sites (tertiary alicyclic amines) is 1. The van der Waals surface area contributed by atoms with Gasteiger partial charge in [0.15, 0.2) is 0 Å². The van der Waals surface area contributed by atoms with Gasteiger partial charge in [0.1, 0.15) is 0 Å². The summed E-state index contributed by atoms with van der Waals surface area (Å²) in [5, 5.41) is 0. The van der Waals surface area contributed by atoms with E-state index in [2.05, 4.69) is 32.6 Å². The Morgan fingerprint density at radius 3 is 2.39 bits per heavy atom. The molecule has 102 valence electrons. The molecule has 1 saturated carbocycles. The maximum Gasteiger partial charge on any atom is 0.261 e. The Labute approximate surface area is 111 Å². The highest BCUT2D eigenvalue weighted by Crippen LogP contribution is 2.62. The quantitative estimate of drug-likeness (QED) is 0.685. The van der Waals surface area contributed by atoms with Crippen LogP contribution in [0.2, 0.25) is 0 Å². The van der Waals surface area contributed by atoms with Crippen LogP contribution < -0.4 is 0 Å². The molecule has 0 spiro atoms. The maximum absolute atomic E-state index is 14.5. The van der Waals surface area contributed by atoms with Gasteiger partial charge < -0.3 is 0 Å². The lowest BCUT2D eigenvalue weighted by Gasteiger charge is -2.36. The number of allylic oxidation sites excluding steroid dienone is 2. The van der Waals surface area contributed by atoms with Gasteiger partial charge in [-0.3, -0.25) is 4.90 Å². The summed E-state index contributed by atoms with van der Waals surface area (Å²) in [4.78, 5) is 2.32. The Hall–Kier alpha value is -0.440. The number of alkyl halides is 2. The van der Waals surface area contributed by atoms with Crippen LogP contribution in [0.4, 0.5) is 8.78 Å². The van der Waals surface area contributed by atoms with Crippen molar-refractivity contribution >= 4 is 0 Å². The Morgan fingerprint density at radius 1 is 1.22 bits per heavy atom. The summed E-state index contributed by atoms with van der Waals surface area (Å²) in [7, 11) is 0. The molecule has 5 atom stereocenters. The second-order valence-electron chi connectivity index (χ2n) is 6.68. The first-order valence-electron chi connectivity index (χ1n) is 8.00. The van der Waals surface area contributed by atoms with Crippen LogP contribution in [-0.2, 0) is 0 Å². The lowest BCUT2D eigenvalue weighted by Crippen LogP contribution is -2.44. The van der Waals surface area contributed by atoms with E-state index in [4.69, 9.17) is 2.74 Å². The fourth-order valence-corrected chi connectivity index (χ4v) is 4.43. The first-order valence-corrected chi connectivity index (χ1v) is 7.00. The van der Waals surface area contributed by atoms with Gasteiger partial charge in [-0.25, -0.2) is 8.78 Å². The molecule has 1 saturated heterocycles. The number of rotatable bonds is 2. The maximum atomic E-state index is 14.5. The van der Waals surface area contributed by atoms with Crippen LogP contribution in [0.25, 0.3) is 0 Å². The van der Waals surface area contributed by atoms with Gasteiger partial charge >= 0.3 is 0 Å². The first kappa shape index (κ1) is 10.4. The van der Waals surface area contributed by atoms with Crippen LogP contribution in [0.1, 0.15) is 30.4 Å². The summed E-state index contributed by atoms with van der Waals surface area (Å²) in [5.41, 5.74) is 0. The topological polar surface area (TPSA) is 3.24 Å². The van der Waals surface area contributed by atoms with Crippen molar-refractivity contribution in [3.63, 3.8) is 0 Å². The van der Waals surface area contributed by atoms with Gasteiger partial charge in [-0.05, 0) is 31.6 Å². The Morgan fingerprint density at radius 2 is 1.83 bits per heavy atom. The highest BCUT2D eigenvalue weighted by atomic mass is 19.3. The lowest BCUT2D eigenvalue weighted by molar-refractivity contribution is -0.0572. The molecule has 0 aromatic heterocycles. The third-order valence-corrected chi connectivity index (χ3v) is 5.08. The summed E-state index contributed by atoms with van der Waals surface area (Å²) >= 11 is 0. The second-order valence-corrected chi connectivity index (χ2v) is 6.68. The summed E-state index contributed by atoms with van der Waals surface area (Å²) < 4.78 is 44.8. The van der Waals surface area contributed by atoms with E-state index in [-0.39, 0.29) is 30.0 Å². The molecule has 2 bridgehead atoms. The van der Waals surface area contributed by atoms with Crippen molar-refractivity contribution in [3.8, 4) is 0 Å². The number of fused-ring (bicyclic) bond motifs is 5. The summed E-state index contributed by atoms with van der Waals surface area (Å²) in [6.45, 7) is 9.03. The molecule has 2 aliphatic carbocycles. The molecule has 1 nitrogen and oxygen atoms in total. The number of nitrogens with zero attached hydrogens (tertiary/aromatic N) is 1. The van der Waals surface area contributed by atoms with Gasteiger partial charge in [0.05, 0.1) is 2.74 Å². The zero-order valence-electron chi connectivity index (χ0n) is 13.5. The third-order valence-electron chi connectivity index (χ3n) is 5.08. The molecule has 1 aliphatic heterocycles. The van der Waals surface area contributed by atoms with E-state index >= 15 is 0 Å². The van der Waals surface area contributed by atoms with Gasteiger partial charge in [-0.1, -0.05) is 26.0 Å². The minimum Gasteiger partial charge on any atom is -0.297 e. The lowest BCUT2D eigenvalue weighted by atomic mass is 9.78. The number of hydrogen-bond donors (Lipinski definition) is 0. The van der Waals surface area contributed by atoms with E-state index in [9.17, 15) is 8.78 Å². The second kappa shape index (κ2) is 3.78. The predicted octanol–water partition coefficient (Wildman–Crippen LogP) is 3.42.